The fourth-order valence-electron chi connectivity index (χ4n) is 3.52. The van der Waals surface area contributed by atoms with Gasteiger partial charge in [0.05, 0.1) is 19.6 Å². The molecule has 1 aromatic rings. The van der Waals surface area contributed by atoms with Gasteiger partial charge >= 0.3 is 0 Å². The van der Waals surface area contributed by atoms with Gasteiger partial charge in [-0.15, -0.1) is 0 Å². The van der Waals surface area contributed by atoms with Crippen LogP contribution in [-0.4, -0.2) is 37.0 Å². The Kier molecular flexibility index (Phi) is 4.81. The van der Waals surface area contributed by atoms with Gasteiger partial charge in [0.15, 0.2) is 6.04 Å². The van der Waals surface area contributed by atoms with E-state index < -0.39 is 0 Å². The molecule has 2 fully saturated rings. The Morgan fingerprint density at radius 2 is 2.22 bits per heavy atom. The Morgan fingerprint density at radius 1 is 1.39 bits per heavy atom. The third-order valence-electron chi connectivity index (χ3n) is 4.72. The van der Waals surface area contributed by atoms with E-state index in [4.69, 9.17) is 4.74 Å². The second kappa shape index (κ2) is 7.00. The number of quaternary nitrogens is 1. The summed E-state index contributed by atoms with van der Waals surface area (Å²) in [5.41, 5.74) is 0.682. The number of methoxy groups -OCH3 is 1. The molecule has 23 heavy (non-hydrogen) atoms. The first-order valence-electron chi connectivity index (χ1n) is 8.25. The van der Waals surface area contributed by atoms with Crippen molar-refractivity contribution in [3.8, 4) is 5.75 Å². The number of rotatable bonds is 4. The molecule has 3 rings (SSSR count). The zero-order valence-corrected chi connectivity index (χ0v) is 13.4. The molecule has 1 saturated heterocycles. The van der Waals surface area contributed by atoms with Crippen LogP contribution in [0.3, 0.4) is 0 Å². The predicted molar refractivity (Wildman–Crippen MR) is 86.1 cm³/mol. The minimum atomic E-state index is -0.333. The molecule has 4 N–H and O–H groups in total. The molecule has 0 bridgehead atoms. The molecule has 0 unspecified atom stereocenters. The number of anilines is 1. The van der Waals surface area contributed by atoms with Crippen LogP contribution in [0.15, 0.2) is 24.3 Å². The Labute approximate surface area is 136 Å². The lowest BCUT2D eigenvalue weighted by Gasteiger charge is -2.37. The third-order valence-corrected chi connectivity index (χ3v) is 4.72. The molecule has 1 heterocycles. The van der Waals surface area contributed by atoms with Crippen LogP contribution >= 0.6 is 0 Å². The Hall–Kier alpha value is -2.08. The standard InChI is InChI=1S/C17H23N3O3/c1-23-12-6-4-5-11(9-12)18-16(21)10-15-17(22)20-14-8-3-2-7-13(14)19-15/h4-6,9,13-15,19H,2-3,7-8,10H2,1H3,(H,18,21)(H,20,22)/p+1/t13-,14+,15-/m0/s1. The highest BCUT2D eigenvalue weighted by molar-refractivity contribution is 5.95. The lowest BCUT2D eigenvalue weighted by atomic mass is 9.87. The van der Waals surface area contributed by atoms with E-state index in [0.717, 1.165) is 12.8 Å². The van der Waals surface area contributed by atoms with Crippen molar-refractivity contribution < 1.29 is 19.6 Å². The second-order valence-electron chi connectivity index (χ2n) is 6.35. The third kappa shape index (κ3) is 3.82. The first-order valence-corrected chi connectivity index (χ1v) is 8.25. The van der Waals surface area contributed by atoms with Crippen LogP contribution in [0.2, 0.25) is 0 Å². The molecule has 1 aliphatic heterocycles. The second-order valence-corrected chi connectivity index (χ2v) is 6.35. The van der Waals surface area contributed by atoms with Crippen LogP contribution < -0.4 is 20.7 Å². The van der Waals surface area contributed by atoms with Gasteiger partial charge in [-0.1, -0.05) is 12.5 Å². The van der Waals surface area contributed by atoms with Gasteiger partial charge in [0.1, 0.15) is 11.8 Å². The van der Waals surface area contributed by atoms with E-state index in [1.807, 2.05) is 18.2 Å². The van der Waals surface area contributed by atoms with E-state index in [1.165, 1.54) is 12.8 Å². The Morgan fingerprint density at radius 3 is 3.04 bits per heavy atom. The summed E-state index contributed by atoms with van der Waals surface area (Å²) in [6.45, 7) is 0. The fourth-order valence-corrected chi connectivity index (χ4v) is 3.52. The van der Waals surface area contributed by atoms with E-state index in [1.54, 1.807) is 13.2 Å². The Bertz CT molecular complexity index is 590. The van der Waals surface area contributed by atoms with Gasteiger partial charge in [-0.05, 0) is 25.0 Å². The normalized spacial score (nSPS) is 26.8. The first-order chi connectivity index (χ1) is 11.2. The quantitative estimate of drug-likeness (QED) is 0.751. The molecule has 6 heteroatoms. The highest BCUT2D eigenvalue weighted by atomic mass is 16.5. The molecular weight excluding hydrogens is 294 g/mol. The van der Waals surface area contributed by atoms with Crippen molar-refractivity contribution in [2.24, 2.45) is 0 Å². The van der Waals surface area contributed by atoms with Gasteiger partial charge in [-0.25, -0.2) is 0 Å². The van der Waals surface area contributed by atoms with Gasteiger partial charge in [0.25, 0.3) is 5.91 Å². The van der Waals surface area contributed by atoms with Crippen LogP contribution in [-0.2, 0) is 9.59 Å². The minimum absolute atomic E-state index is 0.0195. The molecule has 124 valence electrons. The smallest absolute Gasteiger partial charge is 0.279 e. The summed E-state index contributed by atoms with van der Waals surface area (Å²) < 4.78 is 5.14. The molecular formula is C17H24N3O3+. The maximum absolute atomic E-state index is 12.2. The molecule has 2 amide bonds. The number of hydrogen-bond donors (Lipinski definition) is 3. The summed E-state index contributed by atoms with van der Waals surface area (Å²) in [5.74, 6) is 0.521. The van der Waals surface area contributed by atoms with Crippen molar-refractivity contribution in [3.05, 3.63) is 24.3 Å². The molecule has 2 aliphatic rings. The van der Waals surface area contributed by atoms with Crippen LogP contribution in [0.5, 0.6) is 5.75 Å². The molecule has 1 aliphatic carbocycles. The largest absolute Gasteiger partial charge is 0.497 e. The fraction of sp³-hybridized carbons (Fsp3) is 0.529. The minimum Gasteiger partial charge on any atom is -0.497 e. The number of carbonyl (C=O) groups excluding carboxylic acids is 2. The van der Waals surface area contributed by atoms with Crippen molar-refractivity contribution in [1.82, 2.24) is 5.32 Å². The summed E-state index contributed by atoms with van der Waals surface area (Å²) in [4.78, 5) is 24.4. The van der Waals surface area contributed by atoms with Crippen LogP contribution in [0.4, 0.5) is 5.69 Å². The van der Waals surface area contributed by atoms with Crippen molar-refractivity contribution in [3.63, 3.8) is 0 Å². The molecule has 6 nitrogen and oxygen atoms in total. The molecule has 0 radical (unpaired) electrons. The molecule has 1 saturated carbocycles. The summed E-state index contributed by atoms with van der Waals surface area (Å²) >= 11 is 0. The van der Waals surface area contributed by atoms with Crippen LogP contribution in [0.1, 0.15) is 32.1 Å². The van der Waals surface area contributed by atoms with Crippen molar-refractivity contribution in [2.45, 2.75) is 50.2 Å². The van der Waals surface area contributed by atoms with E-state index in [-0.39, 0.29) is 30.3 Å². The number of nitrogens with two attached hydrogens (primary N) is 1. The van der Waals surface area contributed by atoms with Gasteiger partial charge in [0, 0.05) is 18.2 Å². The van der Waals surface area contributed by atoms with E-state index >= 15 is 0 Å². The number of amides is 2. The lowest BCUT2D eigenvalue weighted by molar-refractivity contribution is -0.718. The number of hydrogen-bond acceptors (Lipinski definition) is 3. The van der Waals surface area contributed by atoms with Crippen LogP contribution in [0, 0.1) is 0 Å². The van der Waals surface area contributed by atoms with Gasteiger partial charge in [-0.3, -0.25) is 9.59 Å². The Balaban J connectivity index is 1.57. The number of nitrogens with one attached hydrogen (secondary N) is 2. The zero-order valence-electron chi connectivity index (χ0n) is 13.4. The monoisotopic (exact) mass is 318 g/mol. The SMILES string of the molecule is COc1cccc(NC(=O)C[C@@H]2[NH2+][C@H]3CCCC[C@H]3NC2=O)c1. The van der Waals surface area contributed by atoms with Gasteiger partial charge < -0.3 is 20.7 Å². The van der Waals surface area contributed by atoms with Crippen molar-refractivity contribution in [1.29, 1.82) is 0 Å². The summed E-state index contributed by atoms with van der Waals surface area (Å²) in [6, 6.07) is 7.56. The highest BCUT2D eigenvalue weighted by Crippen LogP contribution is 2.19. The maximum atomic E-state index is 12.2. The van der Waals surface area contributed by atoms with E-state index in [0.29, 0.717) is 17.5 Å². The molecule has 1 aromatic carbocycles. The van der Waals surface area contributed by atoms with Crippen molar-refractivity contribution in [2.75, 3.05) is 12.4 Å². The summed E-state index contributed by atoms with van der Waals surface area (Å²) in [6.07, 6.45) is 4.73. The average molecular weight is 318 g/mol. The summed E-state index contributed by atoms with van der Waals surface area (Å²) in [7, 11) is 1.59. The number of piperazine rings is 1. The van der Waals surface area contributed by atoms with Crippen molar-refractivity contribution >= 4 is 17.5 Å². The first kappa shape index (κ1) is 15.8. The summed E-state index contributed by atoms with van der Waals surface area (Å²) in [5, 5.41) is 8.01. The topological polar surface area (TPSA) is 84.0 Å². The van der Waals surface area contributed by atoms with Gasteiger partial charge in [-0.2, -0.15) is 0 Å². The van der Waals surface area contributed by atoms with Gasteiger partial charge in [0.2, 0.25) is 5.91 Å². The molecule has 0 spiro atoms. The molecule has 0 aromatic heterocycles. The number of carbonyl (C=O) groups is 2. The van der Waals surface area contributed by atoms with Crippen LogP contribution in [0.25, 0.3) is 0 Å². The highest BCUT2D eigenvalue weighted by Gasteiger charge is 2.40. The average Bonchev–Trinajstić information content (AvgIpc) is 2.55. The lowest BCUT2D eigenvalue weighted by Crippen LogP contribution is -3.03. The number of fused-ring (bicyclic) bond motifs is 1. The van der Waals surface area contributed by atoms with E-state index in [9.17, 15) is 9.59 Å². The number of benzene rings is 1. The predicted octanol–water partition coefficient (Wildman–Crippen LogP) is 0.397. The number of ether oxygens (including phenoxy) is 1. The van der Waals surface area contributed by atoms with E-state index in [2.05, 4.69) is 16.0 Å². The zero-order chi connectivity index (χ0) is 16.2. The molecule has 3 atom stereocenters. The maximum Gasteiger partial charge on any atom is 0.279 e.